The first-order chi connectivity index (χ1) is 14.1. The molecule has 0 aliphatic rings. The summed E-state index contributed by atoms with van der Waals surface area (Å²) in [5.41, 5.74) is 3.78. The quantitative estimate of drug-likeness (QED) is 0.285. The van der Waals surface area contributed by atoms with Gasteiger partial charge in [0.05, 0.1) is 18.9 Å². The van der Waals surface area contributed by atoms with Gasteiger partial charge in [0, 0.05) is 16.1 Å². The van der Waals surface area contributed by atoms with Gasteiger partial charge in [-0.2, -0.15) is 5.10 Å². The number of halogens is 1. The van der Waals surface area contributed by atoms with Crippen molar-refractivity contribution < 1.29 is 19.1 Å². The molecule has 3 rings (SSSR count). The molecule has 0 aliphatic heterocycles. The summed E-state index contributed by atoms with van der Waals surface area (Å²) >= 11 is 5.83. The van der Waals surface area contributed by atoms with Gasteiger partial charge in [0.15, 0.2) is 0 Å². The minimum atomic E-state index is -0.523. The highest BCUT2D eigenvalue weighted by atomic mass is 35.5. The Hall–Kier alpha value is -3.64. The molecule has 0 bridgehead atoms. The van der Waals surface area contributed by atoms with Crippen molar-refractivity contribution in [3.63, 3.8) is 0 Å². The predicted molar refractivity (Wildman–Crippen MR) is 111 cm³/mol. The summed E-state index contributed by atoms with van der Waals surface area (Å²) in [5, 5.41) is 4.48. The van der Waals surface area contributed by atoms with Gasteiger partial charge in [-0.1, -0.05) is 23.7 Å². The number of hydrogen-bond acceptors (Lipinski definition) is 5. The number of rotatable bonds is 6. The van der Waals surface area contributed by atoms with Crippen molar-refractivity contribution in [1.82, 2.24) is 5.43 Å². The highest BCUT2D eigenvalue weighted by molar-refractivity contribution is 6.30. The molecular formula is C22H17ClN2O4. The van der Waals surface area contributed by atoms with Gasteiger partial charge >= 0.3 is 5.97 Å². The molecule has 0 saturated heterocycles. The number of hydrogen-bond donors (Lipinski definition) is 1. The van der Waals surface area contributed by atoms with E-state index in [0.29, 0.717) is 33.2 Å². The molecule has 6 nitrogen and oxygen atoms in total. The molecule has 0 aliphatic carbocycles. The zero-order chi connectivity index (χ0) is 20.6. The fourth-order valence-electron chi connectivity index (χ4n) is 2.39. The van der Waals surface area contributed by atoms with E-state index in [0.717, 1.165) is 0 Å². The van der Waals surface area contributed by atoms with Crippen molar-refractivity contribution in [2.45, 2.75) is 0 Å². The number of ether oxygens (including phenoxy) is 2. The third-order valence-electron chi connectivity index (χ3n) is 3.92. The van der Waals surface area contributed by atoms with Crippen molar-refractivity contribution in [3.8, 4) is 11.5 Å². The van der Waals surface area contributed by atoms with Crippen molar-refractivity contribution >= 4 is 29.7 Å². The molecule has 1 N–H and O–H groups in total. The van der Waals surface area contributed by atoms with Crippen molar-refractivity contribution in [2.24, 2.45) is 5.10 Å². The zero-order valence-corrected chi connectivity index (χ0v) is 16.2. The number of benzene rings is 3. The van der Waals surface area contributed by atoms with Gasteiger partial charge in [0.25, 0.3) is 5.91 Å². The second-order valence-electron chi connectivity index (χ2n) is 5.86. The maximum atomic E-state index is 12.3. The van der Waals surface area contributed by atoms with Gasteiger partial charge in [0.1, 0.15) is 11.5 Å². The number of nitrogens with zero attached hydrogens (tertiary/aromatic N) is 1. The van der Waals surface area contributed by atoms with Crippen LogP contribution >= 0.6 is 11.6 Å². The monoisotopic (exact) mass is 408 g/mol. The first kappa shape index (κ1) is 20.1. The molecule has 0 heterocycles. The number of carbonyl (C=O) groups excluding carboxylic acids is 2. The average Bonchev–Trinajstić information content (AvgIpc) is 2.75. The Balaban J connectivity index is 1.67. The van der Waals surface area contributed by atoms with Crippen LogP contribution < -0.4 is 14.9 Å². The number of carbonyl (C=O) groups is 2. The summed E-state index contributed by atoms with van der Waals surface area (Å²) in [5.74, 6) is 0.0701. The maximum absolute atomic E-state index is 12.3. The Morgan fingerprint density at radius 2 is 1.59 bits per heavy atom. The van der Waals surface area contributed by atoms with E-state index in [4.69, 9.17) is 21.1 Å². The molecule has 0 radical (unpaired) electrons. The largest absolute Gasteiger partial charge is 0.497 e. The molecule has 29 heavy (non-hydrogen) atoms. The average molecular weight is 409 g/mol. The summed E-state index contributed by atoms with van der Waals surface area (Å²) in [6.07, 6.45) is 1.41. The SMILES string of the molecule is COc1ccc(C(=O)N/N=C/c2ccccc2OC(=O)c2ccc(Cl)cc2)cc1. The summed E-state index contributed by atoms with van der Waals surface area (Å²) in [6.45, 7) is 0. The van der Waals surface area contributed by atoms with Gasteiger partial charge in [-0.3, -0.25) is 4.79 Å². The van der Waals surface area contributed by atoms with Gasteiger partial charge in [-0.15, -0.1) is 0 Å². The van der Waals surface area contributed by atoms with Crippen molar-refractivity contribution in [3.05, 3.63) is 94.5 Å². The van der Waals surface area contributed by atoms with Crippen LogP contribution in [0.25, 0.3) is 0 Å². The maximum Gasteiger partial charge on any atom is 0.343 e. The Labute approximate surface area is 172 Å². The fourth-order valence-corrected chi connectivity index (χ4v) is 2.52. The predicted octanol–water partition coefficient (Wildman–Crippen LogP) is 4.33. The lowest BCUT2D eigenvalue weighted by molar-refractivity contribution is 0.0734. The molecule has 3 aromatic rings. The summed E-state index contributed by atoms with van der Waals surface area (Å²) in [7, 11) is 1.55. The standard InChI is InChI=1S/C22H17ClN2O4/c1-28-19-12-8-15(9-13-19)21(26)25-24-14-17-4-2-3-5-20(17)29-22(27)16-6-10-18(23)11-7-16/h2-14H,1H3,(H,25,26)/b24-14+. The van der Waals surface area contributed by atoms with Crippen LogP contribution in [0.3, 0.4) is 0 Å². The highest BCUT2D eigenvalue weighted by Gasteiger charge is 2.11. The molecule has 0 atom stereocenters. The second-order valence-corrected chi connectivity index (χ2v) is 6.30. The highest BCUT2D eigenvalue weighted by Crippen LogP contribution is 2.18. The normalized spacial score (nSPS) is 10.6. The molecule has 1 amide bonds. The first-order valence-corrected chi connectivity index (χ1v) is 8.99. The van der Waals surface area contributed by atoms with Crippen LogP contribution in [0.15, 0.2) is 77.9 Å². The van der Waals surface area contributed by atoms with Crippen LogP contribution in [0, 0.1) is 0 Å². The van der Waals surface area contributed by atoms with E-state index in [1.54, 1.807) is 79.9 Å². The smallest absolute Gasteiger partial charge is 0.343 e. The first-order valence-electron chi connectivity index (χ1n) is 8.61. The van der Waals surface area contributed by atoms with E-state index >= 15 is 0 Å². The van der Waals surface area contributed by atoms with Crippen LogP contribution in [-0.2, 0) is 0 Å². The number of methoxy groups -OCH3 is 1. The van der Waals surface area contributed by atoms with Crippen LogP contribution in [0.2, 0.25) is 5.02 Å². The van der Waals surface area contributed by atoms with Gasteiger partial charge in [-0.25, -0.2) is 10.2 Å². The van der Waals surface area contributed by atoms with E-state index in [-0.39, 0.29) is 5.91 Å². The second kappa shape index (κ2) is 9.52. The number of para-hydroxylation sites is 1. The zero-order valence-electron chi connectivity index (χ0n) is 15.5. The van der Waals surface area contributed by atoms with E-state index in [1.807, 2.05) is 0 Å². The summed E-state index contributed by atoms with van der Waals surface area (Å²) < 4.78 is 10.5. The number of amides is 1. The molecule has 7 heteroatoms. The third-order valence-corrected chi connectivity index (χ3v) is 4.18. The van der Waals surface area contributed by atoms with Crippen LogP contribution in [0.4, 0.5) is 0 Å². The number of nitrogens with one attached hydrogen (secondary N) is 1. The summed E-state index contributed by atoms with van der Waals surface area (Å²) in [4.78, 5) is 24.5. The number of esters is 1. The molecule has 0 fully saturated rings. The van der Waals surface area contributed by atoms with Crippen LogP contribution in [-0.4, -0.2) is 25.2 Å². The Kier molecular flexibility index (Phi) is 6.60. The fraction of sp³-hybridized carbons (Fsp3) is 0.0455. The van der Waals surface area contributed by atoms with E-state index < -0.39 is 5.97 Å². The lowest BCUT2D eigenvalue weighted by Crippen LogP contribution is -2.17. The van der Waals surface area contributed by atoms with Crippen LogP contribution in [0.5, 0.6) is 11.5 Å². The van der Waals surface area contributed by atoms with Crippen molar-refractivity contribution in [1.29, 1.82) is 0 Å². The Bertz CT molecular complexity index is 1030. The third kappa shape index (κ3) is 5.43. The molecule has 0 unspecified atom stereocenters. The molecule has 0 spiro atoms. The summed E-state index contributed by atoms with van der Waals surface area (Å²) in [6, 6.07) is 19.9. The molecule has 0 saturated carbocycles. The lowest BCUT2D eigenvalue weighted by atomic mass is 10.2. The van der Waals surface area contributed by atoms with E-state index in [1.165, 1.54) is 6.21 Å². The van der Waals surface area contributed by atoms with Gasteiger partial charge in [-0.05, 0) is 60.7 Å². The van der Waals surface area contributed by atoms with Gasteiger partial charge in [0.2, 0.25) is 0 Å². The Morgan fingerprint density at radius 1 is 0.931 bits per heavy atom. The van der Waals surface area contributed by atoms with E-state index in [2.05, 4.69) is 10.5 Å². The topological polar surface area (TPSA) is 77.0 Å². The molecule has 146 valence electrons. The van der Waals surface area contributed by atoms with E-state index in [9.17, 15) is 9.59 Å². The minimum Gasteiger partial charge on any atom is -0.497 e. The van der Waals surface area contributed by atoms with Crippen molar-refractivity contribution in [2.75, 3.05) is 7.11 Å². The minimum absolute atomic E-state index is 0.315. The molecule has 0 aromatic heterocycles. The number of hydrazone groups is 1. The lowest BCUT2D eigenvalue weighted by Gasteiger charge is -2.07. The Morgan fingerprint density at radius 3 is 2.28 bits per heavy atom. The molecule has 3 aromatic carbocycles. The molecular weight excluding hydrogens is 392 g/mol. The van der Waals surface area contributed by atoms with Gasteiger partial charge < -0.3 is 9.47 Å². The van der Waals surface area contributed by atoms with Crippen LogP contribution in [0.1, 0.15) is 26.3 Å².